The van der Waals surface area contributed by atoms with Crippen molar-refractivity contribution in [1.29, 1.82) is 0 Å². The number of hydrogen-bond donors (Lipinski definition) is 0. The molecule has 0 heterocycles. The summed E-state index contributed by atoms with van der Waals surface area (Å²) in [5.41, 5.74) is 0. The molecule has 0 saturated heterocycles. The normalized spacial score (nSPS) is 14.1. The molecule has 0 aromatic carbocycles. The van der Waals surface area contributed by atoms with E-state index in [9.17, 15) is 4.79 Å². The van der Waals surface area contributed by atoms with Gasteiger partial charge in [-0.15, -0.1) is 0 Å². The van der Waals surface area contributed by atoms with E-state index in [1.165, 1.54) is 0 Å². The van der Waals surface area contributed by atoms with Crippen molar-refractivity contribution in [2.45, 2.75) is 71.4 Å². The van der Waals surface area contributed by atoms with Crippen LogP contribution in [0.5, 0.6) is 0 Å². The molecule has 0 spiro atoms. The lowest BCUT2D eigenvalue weighted by Gasteiger charge is -2.42. The first kappa shape index (κ1) is 23.4. The molecule has 0 radical (unpaired) electrons. The lowest BCUT2D eigenvalue weighted by molar-refractivity contribution is -0.111. The van der Waals surface area contributed by atoms with E-state index in [-0.39, 0.29) is 6.61 Å². The Morgan fingerprint density at radius 2 is 1.13 bits per heavy atom. The summed E-state index contributed by atoms with van der Waals surface area (Å²) >= 11 is 0. The Bertz CT molecular complexity index is 317. The van der Waals surface area contributed by atoms with Gasteiger partial charge >= 0.3 is 8.80 Å². The Labute approximate surface area is 146 Å². The van der Waals surface area contributed by atoms with E-state index >= 15 is 0 Å². The van der Waals surface area contributed by atoms with Gasteiger partial charge in [-0.1, -0.05) is 0 Å². The van der Waals surface area contributed by atoms with Crippen LogP contribution in [-0.2, 0) is 21.9 Å². The molecule has 0 unspecified atom stereocenters. The van der Waals surface area contributed by atoms with Gasteiger partial charge in [-0.3, -0.25) is 0 Å². The molecular formula is C14H36O5Si4. The largest absolute Gasteiger partial charge is 0.469 e. The molecule has 0 N–H and O–H groups in total. The zero-order valence-electron chi connectivity index (χ0n) is 16.4. The fraction of sp³-hybridized carbons (Fsp3) is 0.929. The minimum Gasteiger partial charge on any atom is -0.417 e. The molecular weight excluding hydrogens is 360 g/mol. The van der Waals surface area contributed by atoms with Crippen LogP contribution in [0.4, 0.5) is 0 Å². The van der Waals surface area contributed by atoms with Gasteiger partial charge in [-0.05, 0) is 65.3 Å². The molecule has 23 heavy (non-hydrogen) atoms. The highest BCUT2D eigenvalue weighted by Gasteiger charge is 2.49. The van der Waals surface area contributed by atoms with E-state index in [0.29, 0.717) is 6.61 Å². The highest BCUT2D eigenvalue weighted by atomic mass is 28.5. The SMILES string of the molecule is C[Si](C)(C)O[Si](CCCOCC=O)(O[Si](C)(C)C)O[Si](C)(C)C. The number of carbonyl (C=O) groups excluding carboxylic acids is 1. The van der Waals surface area contributed by atoms with Crippen LogP contribution in [0.1, 0.15) is 6.42 Å². The molecule has 0 aromatic heterocycles. The van der Waals surface area contributed by atoms with Gasteiger partial charge < -0.3 is 21.9 Å². The van der Waals surface area contributed by atoms with Gasteiger partial charge in [0.1, 0.15) is 12.9 Å². The summed E-state index contributed by atoms with van der Waals surface area (Å²) < 4.78 is 25.0. The second kappa shape index (κ2) is 9.18. The summed E-state index contributed by atoms with van der Waals surface area (Å²) in [6.07, 6.45) is 1.57. The molecule has 5 nitrogen and oxygen atoms in total. The Balaban J connectivity index is 5.24. The van der Waals surface area contributed by atoms with Crippen molar-refractivity contribution in [3.05, 3.63) is 0 Å². The molecule has 0 aliphatic carbocycles. The first-order valence-corrected chi connectivity index (χ1v) is 20.5. The minimum absolute atomic E-state index is 0.146. The molecule has 0 bridgehead atoms. The summed E-state index contributed by atoms with van der Waals surface area (Å²) in [6.45, 7) is 20.3. The average Bonchev–Trinajstić information content (AvgIpc) is 2.20. The summed E-state index contributed by atoms with van der Waals surface area (Å²) in [5, 5.41) is 0. The molecule has 9 heteroatoms. The van der Waals surface area contributed by atoms with E-state index in [2.05, 4.69) is 58.9 Å². The second-order valence-electron chi connectivity index (χ2n) is 8.67. The molecule has 0 aliphatic heterocycles. The lowest BCUT2D eigenvalue weighted by Crippen LogP contribution is -2.60. The third-order valence-corrected chi connectivity index (χ3v) is 14.4. The minimum atomic E-state index is -2.75. The van der Waals surface area contributed by atoms with Crippen LogP contribution >= 0.6 is 0 Å². The first-order valence-electron chi connectivity index (χ1n) is 8.30. The predicted octanol–water partition coefficient (Wildman–Crippen LogP) is 4.09. The lowest BCUT2D eigenvalue weighted by atomic mass is 10.5. The summed E-state index contributed by atoms with van der Waals surface area (Å²) in [6, 6.07) is 0.755. The van der Waals surface area contributed by atoms with Gasteiger partial charge in [0.15, 0.2) is 25.0 Å². The maximum absolute atomic E-state index is 10.4. The molecule has 0 aliphatic rings. The summed E-state index contributed by atoms with van der Waals surface area (Å²) in [4.78, 5) is 10.4. The van der Waals surface area contributed by atoms with Gasteiger partial charge in [0.2, 0.25) is 0 Å². The van der Waals surface area contributed by atoms with Crippen LogP contribution in [0.15, 0.2) is 0 Å². The van der Waals surface area contributed by atoms with Crippen molar-refractivity contribution >= 4 is 40.0 Å². The molecule has 0 saturated carbocycles. The Morgan fingerprint density at radius 3 is 1.43 bits per heavy atom. The highest BCUT2D eigenvalue weighted by molar-refractivity contribution is 6.90. The van der Waals surface area contributed by atoms with Gasteiger partial charge in [0.05, 0.1) is 0 Å². The molecule has 0 amide bonds. The average molecular weight is 397 g/mol. The van der Waals surface area contributed by atoms with Gasteiger partial charge in [0.25, 0.3) is 0 Å². The fourth-order valence-corrected chi connectivity index (χ4v) is 16.8. The van der Waals surface area contributed by atoms with E-state index in [4.69, 9.17) is 17.1 Å². The van der Waals surface area contributed by atoms with Crippen LogP contribution < -0.4 is 0 Å². The number of hydrogen-bond acceptors (Lipinski definition) is 5. The number of carbonyl (C=O) groups is 1. The second-order valence-corrected chi connectivity index (χ2v) is 25.7. The van der Waals surface area contributed by atoms with Crippen LogP contribution in [0.2, 0.25) is 65.0 Å². The maximum atomic E-state index is 10.4. The summed E-state index contributed by atoms with van der Waals surface area (Å²) in [5.74, 6) is 0. The van der Waals surface area contributed by atoms with Crippen molar-refractivity contribution in [2.75, 3.05) is 13.2 Å². The van der Waals surface area contributed by atoms with Gasteiger partial charge in [0, 0.05) is 12.7 Å². The third-order valence-electron chi connectivity index (χ3n) is 2.34. The monoisotopic (exact) mass is 396 g/mol. The number of aldehydes is 1. The quantitative estimate of drug-likeness (QED) is 0.282. The smallest absolute Gasteiger partial charge is 0.417 e. The molecule has 0 fully saturated rings. The number of ether oxygens (including phenoxy) is 1. The highest BCUT2D eigenvalue weighted by Crippen LogP contribution is 2.29. The van der Waals surface area contributed by atoms with Gasteiger partial charge in [-0.2, -0.15) is 0 Å². The van der Waals surface area contributed by atoms with Crippen molar-refractivity contribution in [3.8, 4) is 0 Å². The van der Waals surface area contributed by atoms with E-state index in [0.717, 1.165) is 18.8 Å². The third kappa shape index (κ3) is 13.4. The van der Waals surface area contributed by atoms with Crippen LogP contribution in [-0.4, -0.2) is 53.3 Å². The first-order chi connectivity index (χ1) is 10.2. The molecule has 0 atom stereocenters. The van der Waals surface area contributed by atoms with E-state index in [1.54, 1.807) is 0 Å². The molecule has 138 valence electrons. The van der Waals surface area contributed by atoms with E-state index < -0.39 is 33.8 Å². The Morgan fingerprint density at radius 1 is 0.739 bits per heavy atom. The zero-order chi connectivity index (χ0) is 18.4. The van der Waals surface area contributed by atoms with E-state index in [1.807, 2.05) is 0 Å². The van der Waals surface area contributed by atoms with Crippen molar-refractivity contribution in [1.82, 2.24) is 0 Å². The van der Waals surface area contributed by atoms with Crippen molar-refractivity contribution in [2.24, 2.45) is 0 Å². The van der Waals surface area contributed by atoms with Crippen molar-refractivity contribution < 1.29 is 21.9 Å². The maximum Gasteiger partial charge on any atom is 0.469 e. The van der Waals surface area contributed by atoms with Gasteiger partial charge in [-0.25, -0.2) is 0 Å². The Kier molecular flexibility index (Phi) is 9.33. The topological polar surface area (TPSA) is 54.0 Å². The van der Waals surface area contributed by atoms with Crippen molar-refractivity contribution in [3.63, 3.8) is 0 Å². The van der Waals surface area contributed by atoms with Crippen LogP contribution in [0.3, 0.4) is 0 Å². The van der Waals surface area contributed by atoms with Crippen LogP contribution in [0.25, 0.3) is 0 Å². The molecule has 0 rings (SSSR count). The fourth-order valence-electron chi connectivity index (χ4n) is 2.14. The summed E-state index contributed by atoms with van der Waals surface area (Å²) in [7, 11) is -8.17. The van der Waals surface area contributed by atoms with Crippen LogP contribution in [0, 0.1) is 0 Å². The number of rotatable bonds is 12. The zero-order valence-corrected chi connectivity index (χ0v) is 20.4. The standard InChI is InChI=1S/C14H36O5Si4/c1-20(2,3)17-23(18-21(4,5)6,19-22(7,8)9)14-10-12-16-13-11-15/h11H,10,12-14H2,1-9H3. The predicted molar refractivity (Wildman–Crippen MR) is 105 cm³/mol. The molecule has 0 aromatic rings. The Hall–Kier alpha value is 0.378.